The first-order valence-electron chi connectivity index (χ1n) is 6.82. The van der Waals surface area contributed by atoms with Crippen LogP contribution in [0.4, 0.5) is 0 Å². The van der Waals surface area contributed by atoms with E-state index in [0.29, 0.717) is 6.10 Å². The zero-order chi connectivity index (χ0) is 14.2. The summed E-state index contributed by atoms with van der Waals surface area (Å²) in [4.78, 5) is 14.0. The van der Waals surface area contributed by atoms with Crippen LogP contribution in [0.1, 0.15) is 49.5 Å². The van der Waals surface area contributed by atoms with E-state index in [4.69, 9.17) is 4.74 Å². The molecule has 1 fully saturated rings. The van der Waals surface area contributed by atoms with Crippen LogP contribution in [0.3, 0.4) is 0 Å². The van der Waals surface area contributed by atoms with E-state index in [0.717, 1.165) is 29.7 Å². The van der Waals surface area contributed by atoms with Crippen LogP contribution in [-0.4, -0.2) is 31.0 Å². The van der Waals surface area contributed by atoms with E-state index in [1.54, 1.807) is 19.0 Å². The van der Waals surface area contributed by atoms with Gasteiger partial charge in [-0.15, -0.1) is 0 Å². The number of ether oxygens (including phenoxy) is 1. The molecule has 1 aliphatic carbocycles. The van der Waals surface area contributed by atoms with Crippen LogP contribution in [0.15, 0.2) is 18.2 Å². The van der Waals surface area contributed by atoms with Crippen molar-refractivity contribution in [2.75, 3.05) is 14.1 Å². The Morgan fingerprint density at radius 1 is 1.26 bits per heavy atom. The van der Waals surface area contributed by atoms with Gasteiger partial charge in [0.1, 0.15) is 5.75 Å². The minimum absolute atomic E-state index is 0.0335. The standard InChI is InChI=1S/C16H23NO2/c1-16(2,3)14-9-8-12(19-11-6-7-11)10-13(14)15(18)17(4)5/h8-11H,6-7H2,1-5H3. The summed E-state index contributed by atoms with van der Waals surface area (Å²) in [5.74, 6) is 0.840. The molecule has 0 N–H and O–H groups in total. The molecule has 3 heteroatoms. The number of nitrogens with zero attached hydrogens (tertiary/aromatic N) is 1. The van der Waals surface area contributed by atoms with Gasteiger partial charge >= 0.3 is 0 Å². The Bertz CT molecular complexity index is 482. The van der Waals surface area contributed by atoms with Gasteiger partial charge in [-0.05, 0) is 36.0 Å². The quantitative estimate of drug-likeness (QED) is 0.836. The third-order valence-corrected chi connectivity index (χ3v) is 3.26. The third-order valence-electron chi connectivity index (χ3n) is 3.26. The highest BCUT2D eigenvalue weighted by Gasteiger charge is 2.26. The number of hydrogen-bond donors (Lipinski definition) is 0. The van der Waals surface area contributed by atoms with Gasteiger partial charge in [-0.25, -0.2) is 0 Å². The maximum Gasteiger partial charge on any atom is 0.253 e. The molecule has 0 heterocycles. The number of benzene rings is 1. The molecule has 0 unspecified atom stereocenters. The Balaban J connectivity index is 2.40. The molecular formula is C16H23NO2. The molecule has 0 bridgehead atoms. The maximum atomic E-state index is 12.3. The van der Waals surface area contributed by atoms with E-state index in [1.807, 2.05) is 18.2 Å². The van der Waals surface area contributed by atoms with Crippen molar-refractivity contribution in [1.82, 2.24) is 4.90 Å². The molecule has 0 atom stereocenters. The summed E-state index contributed by atoms with van der Waals surface area (Å²) >= 11 is 0. The van der Waals surface area contributed by atoms with E-state index >= 15 is 0 Å². The second kappa shape index (κ2) is 4.87. The molecule has 0 spiro atoms. The first-order chi connectivity index (χ1) is 8.79. The third kappa shape index (κ3) is 3.28. The molecule has 0 aromatic heterocycles. The van der Waals surface area contributed by atoms with Crippen molar-refractivity contribution in [2.45, 2.75) is 45.1 Å². The Labute approximate surface area is 115 Å². The van der Waals surface area contributed by atoms with Gasteiger partial charge in [-0.2, -0.15) is 0 Å². The molecule has 104 valence electrons. The van der Waals surface area contributed by atoms with Gasteiger partial charge < -0.3 is 9.64 Å². The molecule has 1 aromatic carbocycles. The lowest BCUT2D eigenvalue weighted by Gasteiger charge is -2.24. The number of carbonyl (C=O) groups excluding carboxylic acids is 1. The number of amides is 1. The average molecular weight is 261 g/mol. The monoisotopic (exact) mass is 261 g/mol. The lowest BCUT2D eigenvalue weighted by Crippen LogP contribution is -2.26. The van der Waals surface area contributed by atoms with Gasteiger partial charge in [0.15, 0.2) is 0 Å². The molecule has 0 aliphatic heterocycles. The lowest BCUT2D eigenvalue weighted by atomic mass is 9.83. The SMILES string of the molecule is CN(C)C(=O)c1cc(OC2CC2)ccc1C(C)(C)C. The summed E-state index contributed by atoms with van der Waals surface area (Å²) in [5, 5.41) is 0. The fourth-order valence-corrected chi connectivity index (χ4v) is 2.05. The second-order valence-electron chi connectivity index (χ2n) is 6.47. The summed E-state index contributed by atoms with van der Waals surface area (Å²) in [6.07, 6.45) is 2.60. The van der Waals surface area contributed by atoms with Gasteiger partial charge in [0.2, 0.25) is 0 Å². The molecule has 0 radical (unpaired) electrons. The topological polar surface area (TPSA) is 29.5 Å². The Kier molecular flexibility index (Phi) is 3.57. The van der Waals surface area contributed by atoms with Crippen LogP contribution in [0.25, 0.3) is 0 Å². The summed E-state index contributed by atoms with van der Waals surface area (Å²) in [7, 11) is 3.56. The van der Waals surface area contributed by atoms with Gasteiger partial charge in [-0.3, -0.25) is 4.79 Å². The van der Waals surface area contributed by atoms with Crippen molar-refractivity contribution in [2.24, 2.45) is 0 Å². The molecule has 1 saturated carbocycles. The summed E-state index contributed by atoms with van der Waals surface area (Å²) in [6.45, 7) is 6.36. The first-order valence-corrected chi connectivity index (χ1v) is 6.82. The lowest BCUT2D eigenvalue weighted by molar-refractivity contribution is 0.0824. The van der Waals surface area contributed by atoms with Crippen molar-refractivity contribution in [3.8, 4) is 5.75 Å². The highest BCUT2D eigenvalue weighted by molar-refractivity contribution is 5.96. The average Bonchev–Trinajstić information content (AvgIpc) is 3.10. The predicted octanol–water partition coefficient (Wildman–Crippen LogP) is 3.23. The summed E-state index contributed by atoms with van der Waals surface area (Å²) in [5.41, 5.74) is 1.75. The summed E-state index contributed by atoms with van der Waals surface area (Å²) in [6, 6.07) is 5.89. The van der Waals surface area contributed by atoms with Crippen LogP contribution < -0.4 is 4.74 Å². The molecule has 1 aromatic rings. The molecule has 19 heavy (non-hydrogen) atoms. The van der Waals surface area contributed by atoms with E-state index in [1.165, 1.54) is 0 Å². The highest BCUT2D eigenvalue weighted by Crippen LogP contribution is 2.32. The van der Waals surface area contributed by atoms with Crippen molar-refractivity contribution in [3.05, 3.63) is 29.3 Å². The van der Waals surface area contributed by atoms with Gasteiger partial charge in [0.25, 0.3) is 5.91 Å². The zero-order valence-electron chi connectivity index (χ0n) is 12.5. The minimum atomic E-state index is -0.0564. The van der Waals surface area contributed by atoms with Gasteiger partial charge in [-0.1, -0.05) is 26.8 Å². The molecule has 0 saturated heterocycles. The Morgan fingerprint density at radius 2 is 1.89 bits per heavy atom. The molecule has 1 amide bonds. The molecular weight excluding hydrogens is 238 g/mol. The van der Waals surface area contributed by atoms with Crippen LogP contribution in [0, 0.1) is 0 Å². The minimum Gasteiger partial charge on any atom is -0.490 e. The van der Waals surface area contributed by atoms with E-state index in [-0.39, 0.29) is 11.3 Å². The fraction of sp³-hybridized carbons (Fsp3) is 0.562. The maximum absolute atomic E-state index is 12.3. The Hall–Kier alpha value is -1.51. The highest BCUT2D eigenvalue weighted by atomic mass is 16.5. The second-order valence-corrected chi connectivity index (χ2v) is 6.47. The van der Waals surface area contributed by atoms with E-state index in [9.17, 15) is 4.79 Å². The van der Waals surface area contributed by atoms with Crippen molar-refractivity contribution in [3.63, 3.8) is 0 Å². The fourth-order valence-electron chi connectivity index (χ4n) is 2.05. The first kappa shape index (κ1) is 13.9. The summed E-state index contributed by atoms with van der Waals surface area (Å²) < 4.78 is 5.79. The smallest absolute Gasteiger partial charge is 0.253 e. The van der Waals surface area contributed by atoms with Crippen LogP contribution in [0.2, 0.25) is 0 Å². The van der Waals surface area contributed by atoms with Gasteiger partial charge in [0, 0.05) is 19.7 Å². The van der Waals surface area contributed by atoms with E-state index < -0.39 is 0 Å². The van der Waals surface area contributed by atoms with Crippen LogP contribution in [-0.2, 0) is 5.41 Å². The van der Waals surface area contributed by atoms with Crippen LogP contribution in [0.5, 0.6) is 5.75 Å². The number of carbonyl (C=O) groups is 1. The van der Waals surface area contributed by atoms with Crippen molar-refractivity contribution < 1.29 is 9.53 Å². The van der Waals surface area contributed by atoms with Crippen molar-refractivity contribution in [1.29, 1.82) is 0 Å². The molecule has 1 aliphatic rings. The Morgan fingerprint density at radius 3 is 2.37 bits per heavy atom. The normalized spacial score (nSPS) is 15.2. The number of hydrogen-bond acceptors (Lipinski definition) is 2. The van der Waals surface area contributed by atoms with Crippen LogP contribution >= 0.6 is 0 Å². The largest absolute Gasteiger partial charge is 0.490 e. The predicted molar refractivity (Wildman–Crippen MR) is 76.8 cm³/mol. The van der Waals surface area contributed by atoms with Crippen molar-refractivity contribution >= 4 is 5.91 Å². The number of rotatable bonds is 3. The molecule has 3 nitrogen and oxygen atoms in total. The van der Waals surface area contributed by atoms with Gasteiger partial charge in [0.05, 0.1) is 6.10 Å². The zero-order valence-corrected chi connectivity index (χ0v) is 12.5. The van der Waals surface area contributed by atoms with E-state index in [2.05, 4.69) is 20.8 Å². The molecule has 2 rings (SSSR count).